The van der Waals surface area contributed by atoms with Crippen molar-refractivity contribution in [1.29, 1.82) is 0 Å². The van der Waals surface area contributed by atoms with E-state index in [1.807, 2.05) is 0 Å². The van der Waals surface area contributed by atoms with Gasteiger partial charge >= 0.3 is 0 Å². The van der Waals surface area contributed by atoms with Gasteiger partial charge in [-0.15, -0.1) is 11.3 Å². The monoisotopic (exact) mass is 268 g/mol. The lowest BCUT2D eigenvalue weighted by Crippen LogP contribution is -2.26. The first-order valence-electron chi connectivity index (χ1n) is 7.05. The van der Waals surface area contributed by atoms with Crippen LogP contribution in [-0.4, -0.2) is 18.1 Å². The number of hydrogen-bond donors (Lipinski definition) is 1. The Morgan fingerprint density at radius 3 is 2.72 bits per heavy atom. The maximum atomic E-state index is 6.05. The number of thiazole rings is 1. The van der Waals surface area contributed by atoms with Crippen molar-refractivity contribution in [1.82, 2.24) is 4.98 Å². The molecule has 2 N–H and O–H groups in total. The second-order valence-electron chi connectivity index (χ2n) is 5.05. The summed E-state index contributed by atoms with van der Waals surface area (Å²) in [4.78, 5) is 4.84. The Bertz CT molecular complexity index is 368. The van der Waals surface area contributed by atoms with Gasteiger partial charge in [-0.1, -0.05) is 19.8 Å². The Labute approximate surface area is 114 Å². The lowest BCUT2D eigenvalue weighted by atomic mass is 10.0. The van der Waals surface area contributed by atoms with Crippen molar-refractivity contribution in [2.75, 3.05) is 13.2 Å². The molecule has 1 heterocycles. The molecule has 18 heavy (non-hydrogen) atoms. The van der Waals surface area contributed by atoms with Gasteiger partial charge in [0.05, 0.1) is 5.69 Å². The third kappa shape index (κ3) is 2.60. The third-order valence-corrected chi connectivity index (χ3v) is 4.99. The molecule has 1 aromatic heterocycles. The fraction of sp³-hybridized carbons (Fsp3) is 0.786. The quantitative estimate of drug-likeness (QED) is 0.860. The summed E-state index contributed by atoms with van der Waals surface area (Å²) in [6, 6.07) is 0. The van der Waals surface area contributed by atoms with Crippen molar-refractivity contribution in [2.45, 2.75) is 57.5 Å². The smallest absolute Gasteiger partial charge is 0.125 e. The van der Waals surface area contributed by atoms with Crippen molar-refractivity contribution >= 4 is 11.3 Å². The van der Waals surface area contributed by atoms with Gasteiger partial charge < -0.3 is 10.5 Å². The van der Waals surface area contributed by atoms with Crippen LogP contribution in [0.15, 0.2) is 5.38 Å². The van der Waals surface area contributed by atoms with E-state index >= 15 is 0 Å². The normalized spacial score (nSPS) is 20.2. The summed E-state index contributed by atoms with van der Waals surface area (Å²) in [5, 5.41) is 3.35. The molecule has 0 amide bonds. The van der Waals surface area contributed by atoms with Gasteiger partial charge in [-0.3, -0.25) is 0 Å². The maximum absolute atomic E-state index is 6.05. The highest BCUT2D eigenvalue weighted by atomic mass is 32.1. The Hall–Kier alpha value is -0.450. The first kappa shape index (κ1) is 14.0. The van der Waals surface area contributed by atoms with Crippen LogP contribution in [0.25, 0.3) is 0 Å². The molecule has 2 rings (SSSR count). The number of hydrogen-bond acceptors (Lipinski definition) is 4. The number of nitrogens with two attached hydrogens (primary N) is 1. The number of nitrogens with zero attached hydrogens (tertiary/aromatic N) is 1. The van der Waals surface area contributed by atoms with E-state index in [1.165, 1.54) is 17.8 Å². The fourth-order valence-corrected chi connectivity index (χ4v) is 3.94. The largest absolute Gasteiger partial charge is 0.368 e. The van der Waals surface area contributed by atoms with Crippen molar-refractivity contribution in [3.05, 3.63) is 16.1 Å². The zero-order valence-electron chi connectivity index (χ0n) is 11.4. The summed E-state index contributed by atoms with van der Waals surface area (Å²) < 4.78 is 6.05. The molecule has 4 heteroatoms. The van der Waals surface area contributed by atoms with Crippen molar-refractivity contribution in [3.8, 4) is 0 Å². The lowest BCUT2D eigenvalue weighted by Gasteiger charge is -2.26. The molecule has 0 aromatic carbocycles. The number of rotatable bonds is 6. The molecular formula is C14H24N2OS. The SMILES string of the molecule is CCOC1(c2nc(C(CC)CN)cs2)CCCC1. The predicted octanol–water partition coefficient (Wildman–Crippen LogP) is 3.40. The van der Waals surface area contributed by atoms with Crippen LogP contribution in [0, 0.1) is 0 Å². The molecule has 0 spiro atoms. The second kappa shape index (κ2) is 6.13. The van der Waals surface area contributed by atoms with E-state index < -0.39 is 0 Å². The molecular weight excluding hydrogens is 244 g/mol. The molecule has 0 bridgehead atoms. The van der Waals surface area contributed by atoms with Gasteiger partial charge in [0.2, 0.25) is 0 Å². The van der Waals surface area contributed by atoms with Crippen LogP contribution in [0.4, 0.5) is 0 Å². The van der Waals surface area contributed by atoms with Crippen LogP contribution in [0.5, 0.6) is 0 Å². The average Bonchev–Trinajstić information content (AvgIpc) is 3.01. The molecule has 1 atom stereocenters. The molecule has 102 valence electrons. The van der Waals surface area contributed by atoms with Gasteiger partial charge in [-0.25, -0.2) is 4.98 Å². The average molecular weight is 268 g/mol. The Morgan fingerprint density at radius 1 is 1.44 bits per heavy atom. The summed E-state index contributed by atoms with van der Waals surface area (Å²) in [7, 11) is 0. The molecule has 0 radical (unpaired) electrons. The Kier molecular flexibility index (Phi) is 4.76. The van der Waals surface area contributed by atoms with Gasteiger partial charge in [-0.2, -0.15) is 0 Å². The predicted molar refractivity (Wildman–Crippen MR) is 76.0 cm³/mol. The van der Waals surface area contributed by atoms with E-state index in [4.69, 9.17) is 15.5 Å². The number of aromatic nitrogens is 1. The molecule has 1 aromatic rings. The minimum absolute atomic E-state index is 0.0927. The van der Waals surface area contributed by atoms with E-state index in [0.717, 1.165) is 31.6 Å². The molecule has 0 aliphatic heterocycles. The first-order chi connectivity index (χ1) is 8.75. The Balaban J connectivity index is 2.21. The van der Waals surface area contributed by atoms with Crippen molar-refractivity contribution in [2.24, 2.45) is 5.73 Å². The Morgan fingerprint density at radius 2 is 2.17 bits per heavy atom. The van der Waals surface area contributed by atoms with E-state index in [-0.39, 0.29) is 5.60 Å². The van der Waals surface area contributed by atoms with E-state index in [9.17, 15) is 0 Å². The van der Waals surface area contributed by atoms with Gasteiger partial charge in [-0.05, 0) is 26.2 Å². The van der Waals surface area contributed by atoms with E-state index in [2.05, 4.69) is 19.2 Å². The molecule has 1 fully saturated rings. The standard InChI is InChI=1S/C14H24N2OS/c1-3-11(9-15)12-10-18-13(16-12)14(17-4-2)7-5-6-8-14/h10-11H,3-9,15H2,1-2H3. The zero-order chi connectivity index (χ0) is 13.0. The molecule has 3 nitrogen and oxygen atoms in total. The summed E-state index contributed by atoms with van der Waals surface area (Å²) >= 11 is 1.75. The van der Waals surface area contributed by atoms with Crippen LogP contribution in [0.2, 0.25) is 0 Å². The summed E-state index contributed by atoms with van der Waals surface area (Å²) in [6.45, 7) is 5.69. The third-order valence-electron chi connectivity index (χ3n) is 3.94. The highest BCUT2D eigenvalue weighted by molar-refractivity contribution is 7.09. The topological polar surface area (TPSA) is 48.1 Å². The zero-order valence-corrected chi connectivity index (χ0v) is 12.3. The van der Waals surface area contributed by atoms with Crippen LogP contribution in [0.3, 0.4) is 0 Å². The van der Waals surface area contributed by atoms with Gasteiger partial charge in [0.25, 0.3) is 0 Å². The van der Waals surface area contributed by atoms with E-state index in [0.29, 0.717) is 12.5 Å². The van der Waals surface area contributed by atoms with Crippen LogP contribution in [0.1, 0.15) is 62.6 Å². The van der Waals surface area contributed by atoms with Crippen LogP contribution in [-0.2, 0) is 10.3 Å². The molecule has 1 aliphatic rings. The summed E-state index contributed by atoms with van der Waals surface area (Å²) in [5.74, 6) is 0.398. The van der Waals surface area contributed by atoms with Crippen molar-refractivity contribution in [3.63, 3.8) is 0 Å². The second-order valence-corrected chi connectivity index (χ2v) is 5.91. The first-order valence-corrected chi connectivity index (χ1v) is 7.93. The highest BCUT2D eigenvalue weighted by Crippen LogP contribution is 2.43. The minimum Gasteiger partial charge on any atom is -0.368 e. The molecule has 1 aliphatic carbocycles. The van der Waals surface area contributed by atoms with E-state index in [1.54, 1.807) is 11.3 Å². The van der Waals surface area contributed by atoms with Gasteiger partial charge in [0.15, 0.2) is 0 Å². The molecule has 1 saturated carbocycles. The van der Waals surface area contributed by atoms with Crippen molar-refractivity contribution < 1.29 is 4.74 Å². The summed E-state index contributed by atoms with van der Waals surface area (Å²) in [5.41, 5.74) is 6.87. The van der Waals surface area contributed by atoms with Gasteiger partial charge in [0.1, 0.15) is 10.6 Å². The van der Waals surface area contributed by atoms with Crippen LogP contribution < -0.4 is 5.73 Å². The number of ether oxygens (including phenoxy) is 1. The van der Waals surface area contributed by atoms with Crippen LogP contribution >= 0.6 is 11.3 Å². The highest BCUT2D eigenvalue weighted by Gasteiger charge is 2.39. The summed E-state index contributed by atoms with van der Waals surface area (Å²) in [6.07, 6.45) is 5.80. The minimum atomic E-state index is -0.0927. The van der Waals surface area contributed by atoms with Gasteiger partial charge in [0, 0.05) is 24.4 Å². The molecule has 1 unspecified atom stereocenters. The fourth-order valence-electron chi connectivity index (χ4n) is 2.82. The lowest BCUT2D eigenvalue weighted by molar-refractivity contribution is -0.0392. The molecule has 0 saturated heterocycles. The maximum Gasteiger partial charge on any atom is 0.125 e.